The number of nitrogens with zero attached hydrogens (tertiary/aromatic N) is 1. The molecular formula is C11H21F3N2O. The minimum atomic E-state index is -4.29. The van der Waals surface area contributed by atoms with Crippen molar-refractivity contribution in [3.8, 4) is 0 Å². The van der Waals surface area contributed by atoms with Crippen LogP contribution in [0, 0.1) is 5.92 Å². The lowest BCUT2D eigenvalue weighted by molar-refractivity contribution is -0.185. The van der Waals surface area contributed by atoms with Gasteiger partial charge in [0.2, 0.25) is 0 Å². The fourth-order valence-corrected chi connectivity index (χ4v) is 1.83. The van der Waals surface area contributed by atoms with Gasteiger partial charge in [-0.3, -0.25) is 4.90 Å². The molecule has 17 heavy (non-hydrogen) atoms. The van der Waals surface area contributed by atoms with Crippen LogP contribution < -0.4 is 5.73 Å². The average Bonchev–Trinajstić information content (AvgIpc) is 2.92. The zero-order chi connectivity index (χ0) is 13.1. The number of rotatable bonds is 7. The molecule has 0 amide bonds. The molecule has 1 aliphatic carbocycles. The molecule has 2 N–H and O–H groups in total. The fourth-order valence-electron chi connectivity index (χ4n) is 1.83. The van der Waals surface area contributed by atoms with Gasteiger partial charge in [-0.05, 0) is 32.7 Å². The topological polar surface area (TPSA) is 38.5 Å². The Labute approximate surface area is 100 Å². The van der Waals surface area contributed by atoms with E-state index in [-0.39, 0.29) is 6.54 Å². The van der Waals surface area contributed by atoms with Crippen molar-refractivity contribution in [2.45, 2.75) is 38.0 Å². The lowest BCUT2D eigenvalue weighted by atomic mass is 10.1. The third kappa shape index (κ3) is 5.23. The maximum absolute atomic E-state index is 12.7. The van der Waals surface area contributed by atoms with Crippen LogP contribution in [-0.4, -0.2) is 50.0 Å². The molecule has 0 bridgehead atoms. The van der Waals surface area contributed by atoms with Crippen LogP contribution in [0.4, 0.5) is 13.2 Å². The number of hydrogen-bond acceptors (Lipinski definition) is 3. The van der Waals surface area contributed by atoms with Gasteiger partial charge in [0.15, 0.2) is 0 Å². The summed E-state index contributed by atoms with van der Waals surface area (Å²) in [5.41, 5.74) is 5.38. The second-order valence-electron chi connectivity index (χ2n) is 4.84. The van der Waals surface area contributed by atoms with Crippen LogP contribution in [-0.2, 0) is 4.74 Å². The van der Waals surface area contributed by atoms with Gasteiger partial charge >= 0.3 is 6.18 Å². The normalized spacial score (nSPS) is 20.6. The zero-order valence-electron chi connectivity index (χ0n) is 10.3. The predicted octanol–water partition coefficient (Wildman–Crippen LogP) is 1.62. The van der Waals surface area contributed by atoms with Crippen molar-refractivity contribution in [1.29, 1.82) is 0 Å². The minimum absolute atomic E-state index is 0.248. The summed E-state index contributed by atoms with van der Waals surface area (Å²) >= 11 is 0. The summed E-state index contributed by atoms with van der Waals surface area (Å²) in [6, 6.07) is -2.55. The molecule has 2 atom stereocenters. The molecule has 1 rings (SSSR count). The molecule has 0 aromatic rings. The molecule has 6 heteroatoms. The molecular weight excluding hydrogens is 233 g/mol. The number of nitrogens with two attached hydrogens (primary N) is 1. The highest BCUT2D eigenvalue weighted by Gasteiger charge is 2.44. The van der Waals surface area contributed by atoms with Gasteiger partial charge in [-0.2, -0.15) is 13.2 Å². The van der Waals surface area contributed by atoms with E-state index in [4.69, 9.17) is 10.5 Å². The molecule has 0 heterocycles. The number of alkyl halides is 3. The van der Waals surface area contributed by atoms with Crippen molar-refractivity contribution in [3.05, 3.63) is 0 Å². The number of ether oxygens (including phenoxy) is 1. The van der Waals surface area contributed by atoms with Gasteiger partial charge in [-0.15, -0.1) is 0 Å². The average molecular weight is 254 g/mol. The highest BCUT2D eigenvalue weighted by Crippen LogP contribution is 2.29. The maximum atomic E-state index is 12.7. The molecule has 3 nitrogen and oxygen atoms in total. The smallest absolute Gasteiger partial charge is 0.380 e. The predicted molar refractivity (Wildman–Crippen MR) is 59.7 cm³/mol. The van der Waals surface area contributed by atoms with Crippen molar-refractivity contribution in [3.63, 3.8) is 0 Å². The summed E-state index contributed by atoms with van der Waals surface area (Å²) in [6.45, 7) is 2.62. The van der Waals surface area contributed by atoms with Crippen LogP contribution in [0.3, 0.4) is 0 Å². The molecule has 0 aromatic heterocycles. The van der Waals surface area contributed by atoms with E-state index < -0.39 is 18.3 Å². The third-order valence-corrected chi connectivity index (χ3v) is 2.95. The summed E-state index contributed by atoms with van der Waals surface area (Å²) in [5, 5.41) is 0. The zero-order valence-corrected chi connectivity index (χ0v) is 10.3. The molecule has 0 saturated heterocycles. The Kier molecular flexibility index (Phi) is 5.22. The Morgan fingerprint density at radius 1 is 1.41 bits per heavy atom. The molecule has 0 aromatic carbocycles. The Morgan fingerprint density at radius 3 is 2.41 bits per heavy atom. The molecule has 1 fully saturated rings. The Morgan fingerprint density at radius 2 is 2.00 bits per heavy atom. The maximum Gasteiger partial charge on any atom is 0.405 e. The van der Waals surface area contributed by atoms with Crippen LogP contribution in [0.25, 0.3) is 0 Å². The van der Waals surface area contributed by atoms with Crippen molar-refractivity contribution in [2.75, 3.05) is 26.8 Å². The summed E-state index contributed by atoms with van der Waals surface area (Å²) in [5.74, 6) is 0.632. The van der Waals surface area contributed by atoms with Crippen molar-refractivity contribution in [1.82, 2.24) is 4.90 Å². The Bertz CT molecular complexity index is 229. The minimum Gasteiger partial charge on any atom is -0.380 e. The monoisotopic (exact) mass is 254 g/mol. The first-order valence-electron chi connectivity index (χ1n) is 5.92. The van der Waals surface area contributed by atoms with E-state index in [2.05, 4.69) is 0 Å². The van der Waals surface area contributed by atoms with Gasteiger partial charge in [0, 0.05) is 19.2 Å². The number of hydrogen-bond donors (Lipinski definition) is 1. The molecule has 0 spiro atoms. The first-order valence-corrected chi connectivity index (χ1v) is 5.92. The summed E-state index contributed by atoms with van der Waals surface area (Å²) < 4.78 is 43.4. The van der Waals surface area contributed by atoms with E-state index in [9.17, 15) is 13.2 Å². The van der Waals surface area contributed by atoms with Crippen molar-refractivity contribution in [2.24, 2.45) is 11.7 Å². The van der Waals surface area contributed by atoms with E-state index in [1.54, 1.807) is 0 Å². The Balaban J connectivity index is 2.28. The van der Waals surface area contributed by atoms with Gasteiger partial charge in [-0.1, -0.05) is 0 Å². The third-order valence-electron chi connectivity index (χ3n) is 2.95. The quantitative estimate of drug-likeness (QED) is 0.702. The summed E-state index contributed by atoms with van der Waals surface area (Å²) in [4.78, 5) is 1.22. The standard InChI is InChI=1S/C11H21F3N2O/c1-8(15)10(11(12,13)14)16(2)5-6-17-7-9-3-4-9/h8-10H,3-7,15H2,1-2H3. The van der Waals surface area contributed by atoms with Gasteiger partial charge in [-0.25, -0.2) is 0 Å². The number of likely N-dealkylation sites (N-methyl/N-ethyl adjacent to an activating group) is 1. The van der Waals surface area contributed by atoms with E-state index in [0.717, 1.165) is 0 Å². The molecule has 1 saturated carbocycles. The molecule has 1 aliphatic rings. The van der Waals surface area contributed by atoms with Gasteiger partial charge in [0.25, 0.3) is 0 Å². The van der Waals surface area contributed by atoms with E-state index in [1.165, 1.54) is 31.7 Å². The molecule has 0 radical (unpaired) electrons. The first kappa shape index (κ1) is 14.7. The van der Waals surface area contributed by atoms with Gasteiger partial charge in [0.1, 0.15) is 6.04 Å². The second-order valence-corrected chi connectivity index (χ2v) is 4.84. The van der Waals surface area contributed by atoms with E-state index in [0.29, 0.717) is 19.1 Å². The van der Waals surface area contributed by atoms with E-state index >= 15 is 0 Å². The van der Waals surface area contributed by atoms with Crippen LogP contribution in [0.5, 0.6) is 0 Å². The van der Waals surface area contributed by atoms with Gasteiger partial charge in [0.05, 0.1) is 6.61 Å². The van der Waals surface area contributed by atoms with E-state index in [1.807, 2.05) is 0 Å². The highest BCUT2D eigenvalue weighted by atomic mass is 19.4. The second kappa shape index (κ2) is 6.02. The molecule has 2 unspecified atom stereocenters. The fraction of sp³-hybridized carbons (Fsp3) is 1.00. The lowest BCUT2D eigenvalue weighted by Crippen LogP contribution is -2.54. The number of halogens is 3. The van der Waals surface area contributed by atoms with Crippen LogP contribution in [0.2, 0.25) is 0 Å². The van der Waals surface area contributed by atoms with Gasteiger partial charge < -0.3 is 10.5 Å². The van der Waals surface area contributed by atoms with Crippen LogP contribution >= 0.6 is 0 Å². The molecule has 0 aliphatic heterocycles. The van der Waals surface area contributed by atoms with Crippen molar-refractivity contribution < 1.29 is 17.9 Å². The highest BCUT2D eigenvalue weighted by molar-refractivity contribution is 4.84. The SMILES string of the molecule is CC(N)C(N(C)CCOCC1CC1)C(F)(F)F. The Hall–Kier alpha value is -0.330. The molecule has 102 valence electrons. The largest absolute Gasteiger partial charge is 0.405 e. The van der Waals surface area contributed by atoms with Crippen LogP contribution in [0.15, 0.2) is 0 Å². The first-order chi connectivity index (χ1) is 7.82. The lowest BCUT2D eigenvalue weighted by Gasteiger charge is -2.32. The summed E-state index contributed by atoms with van der Waals surface area (Å²) in [6.07, 6.45) is -1.93. The van der Waals surface area contributed by atoms with Crippen LogP contribution in [0.1, 0.15) is 19.8 Å². The summed E-state index contributed by atoms with van der Waals surface area (Å²) in [7, 11) is 1.43. The van der Waals surface area contributed by atoms with Crippen molar-refractivity contribution >= 4 is 0 Å².